The SMILES string of the molecule is CC(C)(C)C#CCC1CO1. The van der Waals surface area contributed by atoms with Gasteiger partial charge < -0.3 is 4.74 Å². The number of hydrogen-bond donors (Lipinski definition) is 0. The molecule has 0 aromatic carbocycles. The lowest BCUT2D eigenvalue weighted by atomic mass is 9.98. The van der Waals surface area contributed by atoms with Crippen LogP contribution in [-0.2, 0) is 4.74 Å². The van der Waals surface area contributed by atoms with E-state index < -0.39 is 0 Å². The Labute approximate surface area is 62.8 Å². The summed E-state index contributed by atoms with van der Waals surface area (Å²) in [6.07, 6.45) is 1.37. The lowest BCUT2D eigenvalue weighted by molar-refractivity contribution is 0.412. The van der Waals surface area contributed by atoms with E-state index in [0.29, 0.717) is 6.10 Å². The minimum Gasteiger partial charge on any atom is -0.372 e. The van der Waals surface area contributed by atoms with E-state index in [0.717, 1.165) is 13.0 Å². The fourth-order valence-corrected chi connectivity index (χ4v) is 0.616. The zero-order valence-corrected chi connectivity index (χ0v) is 6.90. The van der Waals surface area contributed by atoms with Crippen molar-refractivity contribution in [3.05, 3.63) is 0 Å². The van der Waals surface area contributed by atoms with Gasteiger partial charge in [-0.25, -0.2) is 0 Å². The van der Waals surface area contributed by atoms with Crippen LogP contribution in [0.3, 0.4) is 0 Å². The Morgan fingerprint density at radius 3 is 2.50 bits per heavy atom. The van der Waals surface area contributed by atoms with Crippen molar-refractivity contribution in [2.45, 2.75) is 33.3 Å². The summed E-state index contributed by atoms with van der Waals surface area (Å²) in [5.74, 6) is 6.28. The molecule has 1 saturated heterocycles. The summed E-state index contributed by atoms with van der Waals surface area (Å²) in [5, 5.41) is 0. The van der Waals surface area contributed by atoms with Crippen molar-refractivity contribution in [3.8, 4) is 11.8 Å². The van der Waals surface area contributed by atoms with E-state index in [4.69, 9.17) is 4.74 Å². The second kappa shape index (κ2) is 2.64. The molecule has 0 bridgehead atoms. The number of rotatable bonds is 1. The molecule has 1 unspecified atom stereocenters. The Bertz CT molecular complexity index is 161. The maximum atomic E-state index is 5.02. The van der Waals surface area contributed by atoms with Gasteiger partial charge in [0, 0.05) is 11.8 Å². The van der Waals surface area contributed by atoms with Crippen LogP contribution in [0.1, 0.15) is 27.2 Å². The molecule has 1 aliphatic rings. The smallest absolute Gasteiger partial charge is 0.0918 e. The van der Waals surface area contributed by atoms with E-state index in [9.17, 15) is 0 Å². The van der Waals surface area contributed by atoms with Gasteiger partial charge in [0.25, 0.3) is 0 Å². The summed E-state index contributed by atoms with van der Waals surface area (Å²) < 4.78 is 5.02. The van der Waals surface area contributed by atoms with Crippen LogP contribution in [0, 0.1) is 17.3 Å². The summed E-state index contributed by atoms with van der Waals surface area (Å²) >= 11 is 0. The summed E-state index contributed by atoms with van der Waals surface area (Å²) in [4.78, 5) is 0. The van der Waals surface area contributed by atoms with Gasteiger partial charge in [-0.1, -0.05) is 11.8 Å². The first-order chi connectivity index (χ1) is 4.58. The van der Waals surface area contributed by atoms with Crippen molar-refractivity contribution in [3.63, 3.8) is 0 Å². The van der Waals surface area contributed by atoms with Crippen LogP contribution in [-0.4, -0.2) is 12.7 Å². The maximum Gasteiger partial charge on any atom is 0.0918 e. The van der Waals surface area contributed by atoms with Crippen LogP contribution in [0.25, 0.3) is 0 Å². The topological polar surface area (TPSA) is 12.5 Å². The lowest BCUT2D eigenvalue weighted by Gasteiger charge is -2.06. The molecule has 0 saturated carbocycles. The van der Waals surface area contributed by atoms with E-state index in [2.05, 4.69) is 32.6 Å². The summed E-state index contributed by atoms with van der Waals surface area (Å²) in [6.45, 7) is 7.27. The highest BCUT2D eigenvalue weighted by Gasteiger charge is 2.20. The normalized spacial score (nSPS) is 23.3. The molecule has 0 radical (unpaired) electrons. The first-order valence-corrected chi connectivity index (χ1v) is 3.69. The van der Waals surface area contributed by atoms with Crippen molar-refractivity contribution in [1.82, 2.24) is 0 Å². The molecular formula is C9H14O. The molecule has 0 spiro atoms. The molecule has 0 aliphatic carbocycles. The molecule has 1 rings (SSSR count). The minimum atomic E-state index is 0.148. The third-order valence-corrected chi connectivity index (χ3v) is 1.20. The molecule has 1 atom stereocenters. The fourth-order valence-electron chi connectivity index (χ4n) is 0.616. The Hall–Kier alpha value is -0.480. The third kappa shape index (κ3) is 3.53. The maximum absolute atomic E-state index is 5.02. The molecular weight excluding hydrogens is 124 g/mol. The minimum absolute atomic E-state index is 0.148. The second-order valence-electron chi connectivity index (χ2n) is 3.71. The van der Waals surface area contributed by atoms with Crippen molar-refractivity contribution >= 4 is 0 Å². The van der Waals surface area contributed by atoms with Crippen LogP contribution in [0.5, 0.6) is 0 Å². The van der Waals surface area contributed by atoms with Crippen LogP contribution >= 0.6 is 0 Å². The largest absolute Gasteiger partial charge is 0.372 e. The Kier molecular flexibility index (Phi) is 2.01. The zero-order chi connectivity index (χ0) is 7.61. The van der Waals surface area contributed by atoms with E-state index in [1.54, 1.807) is 0 Å². The van der Waals surface area contributed by atoms with Gasteiger partial charge in [0.05, 0.1) is 12.7 Å². The van der Waals surface area contributed by atoms with Crippen LogP contribution in [0.15, 0.2) is 0 Å². The molecule has 1 nitrogen and oxygen atoms in total. The Morgan fingerprint density at radius 1 is 1.50 bits per heavy atom. The lowest BCUT2D eigenvalue weighted by Crippen LogP contribution is -1.99. The average Bonchev–Trinajstić information content (AvgIpc) is 2.45. The van der Waals surface area contributed by atoms with Crippen LogP contribution in [0.2, 0.25) is 0 Å². The monoisotopic (exact) mass is 138 g/mol. The summed E-state index contributed by atoms with van der Waals surface area (Å²) in [5.41, 5.74) is 0.148. The van der Waals surface area contributed by atoms with Crippen LogP contribution in [0.4, 0.5) is 0 Å². The van der Waals surface area contributed by atoms with Gasteiger partial charge in [-0.3, -0.25) is 0 Å². The molecule has 0 aromatic heterocycles. The van der Waals surface area contributed by atoms with Crippen molar-refractivity contribution in [2.75, 3.05) is 6.61 Å². The standard InChI is InChI=1S/C9H14O/c1-9(2,3)6-4-5-8-7-10-8/h8H,5,7H2,1-3H3. The molecule has 56 valence electrons. The zero-order valence-electron chi connectivity index (χ0n) is 6.90. The number of hydrogen-bond acceptors (Lipinski definition) is 1. The first kappa shape index (κ1) is 7.63. The quantitative estimate of drug-likeness (QED) is 0.398. The number of ether oxygens (including phenoxy) is 1. The van der Waals surface area contributed by atoms with Crippen molar-refractivity contribution < 1.29 is 4.74 Å². The second-order valence-corrected chi connectivity index (χ2v) is 3.71. The molecule has 10 heavy (non-hydrogen) atoms. The fraction of sp³-hybridized carbons (Fsp3) is 0.778. The predicted octanol–water partition coefficient (Wildman–Crippen LogP) is 1.82. The highest BCUT2D eigenvalue weighted by molar-refractivity contribution is 5.08. The highest BCUT2D eigenvalue weighted by Crippen LogP contribution is 2.14. The van der Waals surface area contributed by atoms with Gasteiger partial charge in [0.2, 0.25) is 0 Å². The first-order valence-electron chi connectivity index (χ1n) is 3.69. The molecule has 1 aliphatic heterocycles. The van der Waals surface area contributed by atoms with Gasteiger partial charge >= 0.3 is 0 Å². The summed E-state index contributed by atoms with van der Waals surface area (Å²) in [6, 6.07) is 0. The van der Waals surface area contributed by atoms with Gasteiger partial charge in [0.15, 0.2) is 0 Å². The van der Waals surface area contributed by atoms with E-state index >= 15 is 0 Å². The van der Waals surface area contributed by atoms with Crippen molar-refractivity contribution in [1.29, 1.82) is 0 Å². The van der Waals surface area contributed by atoms with Crippen LogP contribution < -0.4 is 0 Å². The van der Waals surface area contributed by atoms with E-state index in [1.165, 1.54) is 0 Å². The molecule has 1 heterocycles. The molecule has 0 aromatic rings. The predicted molar refractivity (Wildman–Crippen MR) is 41.6 cm³/mol. The molecule has 0 amide bonds. The van der Waals surface area contributed by atoms with Gasteiger partial charge in [-0.2, -0.15) is 0 Å². The Morgan fingerprint density at radius 2 is 2.10 bits per heavy atom. The average molecular weight is 138 g/mol. The molecule has 1 fully saturated rings. The van der Waals surface area contributed by atoms with Gasteiger partial charge in [-0.05, 0) is 20.8 Å². The highest BCUT2D eigenvalue weighted by atomic mass is 16.6. The van der Waals surface area contributed by atoms with Gasteiger partial charge in [0.1, 0.15) is 0 Å². The van der Waals surface area contributed by atoms with Crippen molar-refractivity contribution in [2.24, 2.45) is 5.41 Å². The number of epoxide rings is 1. The Balaban J connectivity index is 2.23. The van der Waals surface area contributed by atoms with E-state index in [-0.39, 0.29) is 5.41 Å². The summed E-state index contributed by atoms with van der Waals surface area (Å²) in [7, 11) is 0. The third-order valence-electron chi connectivity index (χ3n) is 1.20. The molecule has 1 heteroatoms. The van der Waals surface area contributed by atoms with Gasteiger partial charge in [-0.15, -0.1) is 0 Å². The molecule has 0 N–H and O–H groups in total. The van der Waals surface area contributed by atoms with E-state index in [1.807, 2.05) is 0 Å².